The van der Waals surface area contributed by atoms with Gasteiger partial charge in [0, 0.05) is 0 Å². The lowest BCUT2D eigenvalue weighted by Crippen LogP contribution is -2.17. The minimum atomic E-state index is 0.627. The van der Waals surface area contributed by atoms with Crippen molar-refractivity contribution in [2.75, 3.05) is 0 Å². The van der Waals surface area contributed by atoms with Crippen molar-refractivity contribution in [3.63, 3.8) is 0 Å². The second kappa shape index (κ2) is 8.36. The summed E-state index contributed by atoms with van der Waals surface area (Å²) in [7, 11) is 0. The van der Waals surface area contributed by atoms with Crippen molar-refractivity contribution in [1.29, 1.82) is 0 Å². The zero-order valence-corrected chi connectivity index (χ0v) is 15.5. The highest BCUT2D eigenvalue weighted by molar-refractivity contribution is 5.36. The fourth-order valence-corrected chi connectivity index (χ4v) is 4.26. The molecule has 132 valence electrons. The van der Waals surface area contributed by atoms with Gasteiger partial charge in [-0.2, -0.15) is 0 Å². The van der Waals surface area contributed by atoms with Crippen LogP contribution in [0.25, 0.3) is 0 Å². The van der Waals surface area contributed by atoms with Crippen molar-refractivity contribution < 1.29 is 0 Å². The molecule has 3 aromatic rings. The lowest BCUT2D eigenvalue weighted by atomic mass is 9.74. The topological polar surface area (TPSA) is 0 Å². The lowest BCUT2D eigenvalue weighted by Gasteiger charge is -2.31. The molecule has 0 radical (unpaired) electrons. The van der Waals surface area contributed by atoms with E-state index in [2.05, 4.69) is 84.9 Å². The van der Waals surface area contributed by atoms with Crippen LogP contribution in [0.5, 0.6) is 0 Å². The first kappa shape index (κ1) is 17.1. The standard InChI is InChI=1S/C26H28/c1-3-10-21(11-4-1)18-24-16-7-8-17-26(24)25(20-23-14-9-15-23)19-22-12-5-2-6-13-22/h1-8,10-13,16-17,23,25H,9,14-15,18-20H2. The molecule has 0 N–H and O–H groups in total. The molecule has 3 aromatic carbocycles. The Morgan fingerprint density at radius 1 is 0.692 bits per heavy atom. The monoisotopic (exact) mass is 340 g/mol. The Bertz CT molecular complexity index is 800. The summed E-state index contributed by atoms with van der Waals surface area (Å²) in [6.07, 6.45) is 7.80. The Labute approximate surface area is 157 Å². The molecular weight excluding hydrogens is 312 g/mol. The minimum absolute atomic E-state index is 0.627. The summed E-state index contributed by atoms with van der Waals surface area (Å²) in [5.74, 6) is 1.55. The molecule has 0 aromatic heterocycles. The largest absolute Gasteiger partial charge is 0.0622 e. The zero-order chi connectivity index (χ0) is 17.6. The van der Waals surface area contributed by atoms with Crippen molar-refractivity contribution in [2.45, 2.75) is 44.4 Å². The first-order chi connectivity index (χ1) is 12.9. The van der Waals surface area contributed by atoms with E-state index in [4.69, 9.17) is 0 Å². The summed E-state index contributed by atoms with van der Waals surface area (Å²) in [6.45, 7) is 0. The van der Waals surface area contributed by atoms with E-state index in [0.717, 1.165) is 18.8 Å². The van der Waals surface area contributed by atoms with Crippen molar-refractivity contribution in [3.05, 3.63) is 107 Å². The fourth-order valence-electron chi connectivity index (χ4n) is 4.26. The SMILES string of the molecule is c1ccc(Cc2ccccc2C(Cc2ccccc2)CC2CCC2)cc1. The minimum Gasteiger partial charge on any atom is -0.0622 e. The van der Waals surface area contributed by atoms with Crippen LogP contribution in [0.4, 0.5) is 0 Å². The summed E-state index contributed by atoms with van der Waals surface area (Å²) < 4.78 is 0. The second-order valence-electron chi connectivity index (χ2n) is 7.78. The lowest BCUT2D eigenvalue weighted by molar-refractivity contribution is 0.274. The molecule has 0 spiro atoms. The molecule has 1 saturated carbocycles. The van der Waals surface area contributed by atoms with E-state index in [1.807, 2.05) is 0 Å². The highest BCUT2D eigenvalue weighted by Gasteiger charge is 2.24. The molecule has 0 saturated heterocycles. The maximum Gasteiger partial charge on any atom is -0.00229 e. The molecule has 0 nitrogen and oxygen atoms in total. The number of hydrogen-bond acceptors (Lipinski definition) is 0. The van der Waals surface area contributed by atoms with E-state index in [0.29, 0.717) is 5.92 Å². The molecule has 0 amide bonds. The molecule has 1 fully saturated rings. The third kappa shape index (κ3) is 4.25. The third-order valence-corrected chi connectivity index (χ3v) is 5.90. The van der Waals surface area contributed by atoms with Gasteiger partial charge in [-0.3, -0.25) is 0 Å². The van der Waals surface area contributed by atoms with Crippen LogP contribution in [0, 0.1) is 5.92 Å². The smallest absolute Gasteiger partial charge is 0.00229 e. The molecule has 4 rings (SSSR count). The average molecular weight is 341 g/mol. The molecular formula is C26H28. The number of rotatable bonds is 7. The van der Waals surface area contributed by atoms with Gasteiger partial charge in [-0.05, 0) is 53.4 Å². The first-order valence-corrected chi connectivity index (χ1v) is 10.0. The van der Waals surface area contributed by atoms with Crippen LogP contribution >= 0.6 is 0 Å². The van der Waals surface area contributed by atoms with Gasteiger partial charge in [0.1, 0.15) is 0 Å². The molecule has 26 heavy (non-hydrogen) atoms. The van der Waals surface area contributed by atoms with Crippen LogP contribution in [0.3, 0.4) is 0 Å². The van der Waals surface area contributed by atoms with Crippen LogP contribution in [0.15, 0.2) is 84.9 Å². The zero-order valence-electron chi connectivity index (χ0n) is 15.5. The van der Waals surface area contributed by atoms with Crippen LogP contribution in [-0.4, -0.2) is 0 Å². The van der Waals surface area contributed by atoms with E-state index in [9.17, 15) is 0 Å². The van der Waals surface area contributed by atoms with Crippen molar-refractivity contribution >= 4 is 0 Å². The maximum absolute atomic E-state index is 2.38. The van der Waals surface area contributed by atoms with E-state index in [-0.39, 0.29) is 0 Å². The first-order valence-electron chi connectivity index (χ1n) is 10.0. The van der Waals surface area contributed by atoms with Gasteiger partial charge in [0.15, 0.2) is 0 Å². The van der Waals surface area contributed by atoms with Gasteiger partial charge in [-0.1, -0.05) is 104 Å². The summed E-state index contributed by atoms with van der Waals surface area (Å²) in [4.78, 5) is 0. The van der Waals surface area contributed by atoms with E-state index in [1.54, 1.807) is 5.56 Å². The summed E-state index contributed by atoms with van der Waals surface area (Å²) in [5.41, 5.74) is 5.93. The average Bonchev–Trinajstić information content (AvgIpc) is 2.66. The third-order valence-electron chi connectivity index (χ3n) is 5.90. The van der Waals surface area contributed by atoms with Crippen molar-refractivity contribution in [3.8, 4) is 0 Å². The van der Waals surface area contributed by atoms with Gasteiger partial charge in [0.2, 0.25) is 0 Å². The molecule has 0 aliphatic heterocycles. The Balaban J connectivity index is 1.61. The Hall–Kier alpha value is -2.34. The van der Waals surface area contributed by atoms with Crippen LogP contribution in [0.2, 0.25) is 0 Å². The van der Waals surface area contributed by atoms with Crippen LogP contribution in [0.1, 0.15) is 53.9 Å². The van der Waals surface area contributed by atoms with E-state index in [1.165, 1.54) is 42.4 Å². The summed E-state index contributed by atoms with van der Waals surface area (Å²) in [6, 6.07) is 31.1. The number of benzene rings is 3. The fraction of sp³-hybridized carbons (Fsp3) is 0.308. The Kier molecular flexibility index (Phi) is 5.50. The molecule has 1 aliphatic carbocycles. The summed E-state index contributed by atoms with van der Waals surface area (Å²) >= 11 is 0. The maximum atomic E-state index is 2.38. The van der Waals surface area contributed by atoms with E-state index < -0.39 is 0 Å². The van der Waals surface area contributed by atoms with Crippen LogP contribution in [-0.2, 0) is 12.8 Å². The van der Waals surface area contributed by atoms with Crippen LogP contribution < -0.4 is 0 Å². The van der Waals surface area contributed by atoms with Gasteiger partial charge in [-0.15, -0.1) is 0 Å². The Morgan fingerprint density at radius 2 is 1.31 bits per heavy atom. The van der Waals surface area contributed by atoms with Crippen molar-refractivity contribution in [1.82, 2.24) is 0 Å². The quantitative estimate of drug-likeness (QED) is 0.444. The highest BCUT2D eigenvalue weighted by Crippen LogP contribution is 2.38. The predicted molar refractivity (Wildman–Crippen MR) is 111 cm³/mol. The van der Waals surface area contributed by atoms with Gasteiger partial charge in [0.05, 0.1) is 0 Å². The predicted octanol–water partition coefficient (Wildman–Crippen LogP) is 6.79. The van der Waals surface area contributed by atoms with Crippen molar-refractivity contribution in [2.24, 2.45) is 5.92 Å². The van der Waals surface area contributed by atoms with Gasteiger partial charge in [-0.25, -0.2) is 0 Å². The normalized spacial score (nSPS) is 15.4. The molecule has 1 atom stereocenters. The highest BCUT2D eigenvalue weighted by atomic mass is 14.3. The second-order valence-corrected chi connectivity index (χ2v) is 7.78. The Morgan fingerprint density at radius 3 is 1.96 bits per heavy atom. The molecule has 1 aliphatic rings. The molecule has 0 bridgehead atoms. The van der Waals surface area contributed by atoms with E-state index >= 15 is 0 Å². The molecule has 0 heteroatoms. The number of hydrogen-bond donors (Lipinski definition) is 0. The van der Waals surface area contributed by atoms with Gasteiger partial charge >= 0.3 is 0 Å². The molecule has 1 unspecified atom stereocenters. The summed E-state index contributed by atoms with van der Waals surface area (Å²) in [5, 5.41) is 0. The van der Waals surface area contributed by atoms with Gasteiger partial charge in [0.25, 0.3) is 0 Å². The van der Waals surface area contributed by atoms with Gasteiger partial charge < -0.3 is 0 Å². The molecule has 0 heterocycles.